The van der Waals surface area contributed by atoms with E-state index >= 15 is 0 Å². The number of nitrogen functional groups attached to an aromatic ring is 1. The Bertz CT molecular complexity index is 711. The van der Waals surface area contributed by atoms with Crippen LogP contribution >= 0.6 is 11.8 Å². The van der Waals surface area contributed by atoms with Gasteiger partial charge in [0.25, 0.3) is 0 Å². The van der Waals surface area contributed by atoms with Crippen molar-refractivity contribution in [1.82, 2.24) is 9.55 Å². The maximum atomic E-state index is 13.1. The number of rotatable bonds is 5. The van der Waals surface area contributed by atoms with Crippen molar-refractivity contribution in [2.75, 3.05) is 11.5 Å². The summed E-state index contributed by atoms with van der Waals surface area (Å²) in [7, 11) is 0. The van der Waals surface area contributed by atoms with E-state index in [9.17, 15) is 23.6 Å². The summed E-state index contributed by atoms with van der Waals surface area (Å²) in [5, 5.41) is 24.5. The summed E-state index contributed by atoms with van der Waals surface area (Å²) in [5.41, 5.74) is 3.28. The summed E-state index contributed by atoms with van der Waals surface area (Å²) < 4.78 is 19.1. The van der Waals surface area contributed by atoms with E-state index in [0.29, 0.717) is 0 Å². The molecule has 2 heterocycles. The number of hydrogen-bond acceptors (Lipinski definition) is 8. The number of aromatic nitrogens is 2. The quantitative estimate of drug-likeness (QED) is 0.521. The molecule has 2 rings (SSSR count). The highest BCUT2D eigenvalue weighted by atomic mass is 32.2. The van der Waals surface area contributed by atoms with Crippen LogP contribution in [0.3, 0.4) is 0 Å². The highest BCUT2D eigenvalue weighted by molar-refractivity contribution is 8.00. The van der Waals surface area contributed by atoms with Crippen LogP contribution in [-0.4, -0.2) is 54.0 Å². The van der Waals surface area contributed by atoms with Gasteiger partial charge in [0, 0.05) is 5.75 Å². The second kappa shape index (κ2) is 8.98. The summed E-state index contributed by atoms with van der Waals surface area (Å²) in [4.78, 5) is 44.6. The lowest BCUT2D eigenvalue weighted by molar-refractivity contribution is -0.147. The van der Waals surface area contributed by atoms with Crippen LogP contribution < -0.4 is 11.4 Å². The van der Waals surface area contributed by atoms with Crippen LogP contribution in [0.5, 0.6) is 0 Å². The number of halogens is 1. The zero-order valence-corrected chi connectivity index (χ0v) is 13.3. The monoisotopic (exact) mass is 379 g/mol. The standard InChI is InChI=1S/C8H8FN3O4S.C4H6O4/c9-3-1-12(8(15)11-5(3)10)4-2-17-7(16-4)6(13)14;5-3(6)1-2-4(7)8/h1,4,7H,2H2,(H,13,14)(H2,10,11,15);1-2H2,(H,5,6)(H,7,8)/t4-,7+;/m0./s1. The molecule has 0 amide bonds. The molecule has 1 fully saturated rings. The smallest absolute Gasteiger partial charge is 0.351 e. The van der Waals surface area contributed by atoms with Gasteiger partial charge in [0.05, 0.1) is 19.0 Å². The van der Waals surface area contributed by atoms with Gasteiger partial charge >= 0.3 is 23.6 Å². The van der Waals surface area contributed by atoms with Crippen molar-refractivity contribution in [3.8, 4) is 0 Å². The van der Waals surface area contributed by atoms with E-state index in [1.165, 1.54) is 0 Å². The molecule has 0 unspecified atom stereocenters. The third-order valence-corrected chi connectivity index (χ3v) is 3.76. The number of thioether (sulfide) groups is 1. The average molecular weight is 379 g/mol. The fraction of sp³-hybridized carbons (Fsp3) is 0.417. The molecule has 1 aromatic rings. The highest BCUT2D eigenvalue weighted by Gasteiger charge is 2.33. The first-order valence-electron chi connectivity index (χ1n) is 6.59. The van der Waals surface area contributed by atoms with Gasteiger partial charge in [-0.25, -0.2) is 14.0 Å². The molecule has 1 aliphatic heterocycles. The normalized spacial score (nSPS) is 18.9. The predicted octanol–water partition coefficient (Wildman–Crippen LogP) is -0.427. The van der Waals surface area contributed by atoms with Crippen molar-refractivity contribution in [3.05, 3.63) is 22.5 Å². The Morgan fingerprint density at radius 3 is 2.32 bits per heavy atom. The molecule has 0 bridgehead atoms. The zero-order chi connectivity index (χ0) is 19.1. The van der Waals surface area contributed by atoms with E-state index in [1.54, 1.807) is 0 Å². The molecule has 13 heteroatoms. The van der Waals surface area contributed by atoms with Gasteiger partial charge in [-0.1, -0.05) is 0 Å². The molecular weight excluding hydrogens is 365 g/mol. The van der Waals surface area contributed by atoms with E-state index in [0.717, 1.165) is 22.5 Å². The third kappa shape index (κ3) is 6.39. The minimum absolute atomic E-state index is 0.224. The minimum atomic E-state index is -1.14. The number of nitrogens with two attached hydrogens (primary N) is 1. The number of ether oxygens (including phenoxy) is 1. The molecule has 25 heavy (non-hydrogen) atoms. The molecule has 0 radical (unpaired) electrons. The zero-order valence-electron chi connectivity index (χ0n) is 12.5. The first-order valence-corrected chi connectivity index (χ1v) is 7.64. The molecule has 1 saturated heterocycles. The molecule has 138 valence electrons. The van der Waals surface area contributed by atoms with Crippen LogP contribution in [0.25, 0.3) is 0 Å². The van der Waals surface area contributed by atoms with Crippen molar-refractivity contribution in [2.24, 2.45) is 0 Å². The number of nitrogens with zero attached hydrogens (tertiary/aromatic N) is 2. The van der Waals surface area contributed by atoms with Crippen molar-refractivity contribution in [1.29, 1.82) is 0 Å². The lowest BCUT2D eigenvalue weighted by atomic mass is 10.3. The highest BCUT2D eigenvalue weighted by Crippen LogP contribution is 2.31. The Hall–Kier alpha value is -2.67. The van der Waals surface area contributed by atoms with Gasteiger partial charge in [0.1, 0.15) is 6.23 Å². The van der Waals surface area contributed by atoms with Gasteiger partial charge in [-0.05, 0) is 0 Å². The molecule has 0 aromatic carbocycles. The number of carbonyl (C=O) groups is 3. The van der Waals surface area contributed by atoms with Crippen molar-refractivity contribution in [3.63, 3.8) is 0 Å². The minimum Gasteiger partial charge on any atom is -0.481 e. The van der Waals surface area contributed by atoms with Crippen molar-refractivity contribution >= 4 is 35.5 Å². The largest absolute Gasteiger partial charge is 0.481 e. The number of aliphatic carboxylic acids is 3. The molecule has 1 aromatic heterocycles. The summed E-state index contributed by atoms with van der Waals surface area (Å²) >= 11 is 1.01. The fourth-order valence-corrected chi connectivity index (χ4v) is 2.47. The van der Waals surface area contributed by atoms with Crippen LogP contribution in [-0.2, 0) is 19.1 Å². The second-order valence-electron chi connectivity index (χ2n) is 4.55. The summed E-state index contributed by atoms with van der Waals surface area (Å²) in [6.45, 7) is 0. The van der Waals surface area contributed by atoms with Crippen LogP contribution in [0.1, 0.15) is 19.1 Å². The number of carboxylic acid groups (broad SMARTS) is 3. The predicted molar refractivity (Wildman–Crippen MR) is 81.4 cm³/mol. The van der Waals surface area contributed by atoms with Crippen LogP contribution in [0.15, 0.2) is 11.0 Å². The van der Waals surface area contributed by atoms with Gasteiger partial charge in [0.2, 0.25) is 5.44 Å². The lowest BCUT2D eigenvalue weighted by Gasteiger charge is -2.12. The van der Waals surface area contributed by atoms with E-state index in [-0.39, 0.29) is 18.6 Å². The van der Waals surface area contributed by atoms with Gasteiger partial charge in [-0.15, -0.1) is 11.8 Å². The fourth-order valence-electron chi connectivity index (χ4n) is 1.54. The van der Waals surface area contributed by atoms with E-state index < -0.39 is 46.9 Å². The molecule has 0 aliphatic carbocycles. The van der Waals surface area contributed by atoms with Crippen LogP contribution in [0.4, 0.5) is 10.2 Å². The van der Waals surface area contributed by atoms with Gasteiger partial charge in [-0.3, -0.25) is 14.2 Å². The maximum Gasteiger partial charge on any atom is 0.351 e. The lowest BCUT2D eigenvalue weighted by Crippen LogP contribution is -2.30. The van der Waals surface area contributed by atoms with Crippen LogP contribution in [0, 0.1) is 5.82 Å². The van der Waals surface area contributed by atoms with Gasteiger partial charge < -0.3 is 25.8 Å². The average Bonchev–Trinajstić information content (AvgIpc) is 2.99. The SMILES string of the molecule is Nc1nc(=O)n([C@@H]2CS[C@H](C(=O)O)O2)cc1F.O=C(O)CCC(=O)O. The molecule has 1 aliphatic rings. The molecule has 0 spiro atoms. The Morgan fingerprint density at radius 2 is 1.88 bits per heavy atom. The Kier molecular flexibility index (Phi) is 7.32. The number of carboxylic acids is 3. The van der Waals surface area contributed by atoms with Crippen molar-refractivity contribution in [2.45, 2.75) is 24.5 Å². The third-order valence-electron chi connectivity index (χ3n) is 2.67. The Labute approximate surface area is 143 Å². The van der Waals surface area contributed by atoms with Crippen LogP contribution in [0.2, 0.25) is 0 Å². The number of hydrogen-bond donors (Lipinski definition) is 4. The van der Waals surface area contributed by atoms with Gasteiger partial charge in [-0.2, -0.15) is 4.98 Å². The van der Waals surface area contributed by atoms with E-state index in [2.05, 4.69) is 4.98 Å². The summed E-state index contributed by atoms with van der Waals surface area (Å²) in [6.07, 6.45) is -0.582. The molecule has 2 atom stereocenters. The summed E-state index contributed by atoms with van der Waals surface area (Å²) in [5.74, 6) is -4.42. The van der Waals surface area contributed by atoms with Crippen molar-refractivity contribution < 1.29 is 38.8 Å². The first kappa shape index (κ1) is 20.4. The summed E-state index contributed by atoms with van der Waals surface area (Å²) in [6, 6.07) is 0. The van der Waals surface area contributed by atoms with E-state index in [1.807, 2.05) is 0 Å². The second-order valence-corrected chi connectivity index (χ2v) is 5.64. The molecular formula is C12H14FN3O8S. The van der Waals surface area contributed by atoms with E-state index in [4.69, 9.17) is 25.8 Å². The number of anilines is 1. The Balaban J connectivity index is 0.000000333. The van der Waals surface area contributed by atoms with Gasteiger partial charge in [0.15, 0.2) is 11.6 Å². The maximum absolute atomic E-state index is 13.1. The molecule has 5 N–H and O–H groups in total. The first-order chi connectivity index (χ1) is 11.6. The molecule has 0 saturated carbocycles. The topological polar surface area (TPSA) is 182 Å². The molecule has 11 nitrogen and oxygen atoms in total. The Morgan fingerprint density at radius 1 is 1.32 bits per heavy atom.